The van der Waals surface area contributed by atoms with Gasteiger partial charge in [-0.05, 0) is 6.07 Å². The van der Waals surface area contributed by atoms with E-state index in [1.165, 1.54) is 0 Å². The number of rotatable bonds is 2. The smallest absolute Gasteiger partial charge is 0.433 e. The van der Waals surface area contributed by atoms with Gasteiger partial charge < -0.3 is 5.11 Å². The Hall–Kier alpha value is -1.11. The predicted molar refractivity (Wildman–Crippen MR) is 45.4 cm³/mol. The van der Waals surface area contributed by atoms with Crippen LogP contribution in [0.4, 0.5) is 22.0 Å². The van der Waals surface area contributed by atoms with Gasteiger partial charge in [0.1, 0.15) is 17.1 Å². The summed E-state index contributed by atoms with van der Waals surface area (Å²) < 4.78 is 61.3. The van der Waals surface area contributed by atoms with Gasteiger partial charge in [0.05, 0.1) is 5.88 Å². The second kappa shape index (κ2) is 4.40. The lowest BCUT2D eigenvalue weighted by molar-refractivity contribution is -0.141. The molecule has 0 unspecified atom stereocenters. The van der Waals surface area contributed by atoms with E-state index in [0.29, 0.717) is 6.07 Å². The van der Waals surface area contributed by atoms with Gasteiger partial charge in [0, 0.05) is 5.56 Å². The molecule has 0 bridgehead atoms. The van der Waals surface area contributed by atoms with E-state index in [2.05, 4.69) is 4.98 Å². The molecule has 0 aliphatic heterocycles. The molecule has 1 aromatic heterocycles. The molecule has 16 heavy (non-hydrogen) atoms. The van der Waals surface area contributed by atoms with Gasteiger partial charge in [-0.2, -0.15) is 13.2 Å². The molecule has 1 aromatic rings. The highest BCUT2D eigenvalue weighted by Crippen LogP contribution is 2.36. The zero-order valence-corrected chi connectivity index (χ0v) is 8.28. The molecule has 8 heteroatoms. The topological polar surface area (TPSA) is 33.1 Å². The summed E-state index contributed by atoms with van der Waals surface area (Å²) in [5, 5.41) is 9.16. The third kappa shape index (κ3) is 2.52. The molecule has 1 rings (SSSR count). The van der Waals surface area contributed by atoms with Crippen molar-refractivity contribution < 1.29 is 27.1 Å². The molecule has 0 radical (unpaired) electrons. The maximum Gasteiger partial charge on any atom is 0.433 e. The molecule has 1 heterocycles. The molecule has 1 N–H and O–H groups in total. The number of halogens is 6. The number of aromatic nitrogens is 1. The molecular weight excluding hydrogens is 257 g/mol. The van der Waals surface area contributed by atoms with E-state index in [1.54, 1.807) is 0 Å². The summed E-state index contributed by atoms with van der Waals surface area (Å²) in [7, 11) is 0. The zero-order valence-electron chi connectivity index (χ0n) is 7.52. The highest BCUT2D eigenvalue weighted by Gasteiger charge is 2.35. The van der Waals surface area contributed by atoms with Crippen LogP contribution in [-0.2, 0) is 12.1 Å². The lowest BCUT2D eigenvalue weighted by Gasteiger charge is -2.11. The second-order valence-electron chi connectivity index (χ2n) is 2.83. The zero-order chi connectivity index (χ0) is 12.5. The van der Waals surface area contributed by atoms with Gasteiger partial charge in [0.15, 0.2) is 0 Å². The summed E-state index contributed by atoms with van der Waals surface area (Å²) in [5.41, 5.74) is -3.25. The fourth-order valence-corrected chi connectivity index (χ4v) is 1.22. The fraction of sp³-hybridized carbons (Fsp3) is 0.375. The Morgan fingerprint density at radius 1 is 1.38 bits per heavy atom. The van der Waals surface area contributed by atoms with E-state index in [1.807, 2.05) is 0 Å². The number of pyridine rings is 1. The van der Waals surface area contributed by atoms with Crippen molar-refractivity contribution in [2.75, 3.05) is 0 Å². The van der Waals surface area contributed by atoms with Crippen molar-refractivity contribution in [3.8, 4) is 5.75 Å². The number of nitrogens with zero attached hydrogens (tertiary/aromatic N) is 1. The third-order valence-corrected chi connectivity index (χ3v) is 2.03. The average Bonchev–Trinajstić information content (AvgIpc) is 2.15. The molecule has 2 nitrogen and oxygen atoms in total. The first-order chi connectivity index (χ1) is 7.27. The van der Waals surface area contributed by atoms with Crippen LogP contribution in [0.15, 0.2) is 6.07 Å². The number of alkyl halides is 6. The van der Waals surface area contributed by atoms with E-state index in [-0.39, 0.29) is 0 Å². The Bertz CT molecular complexity index is 393. The van der Waals surface area contributed by atoms with Crippen molar-refractivity contribution >= 4 is 11.6 Å². The Labute approximate surface area is 91.7 Å². The van der Waals surface area contributed by atoms with Crippen molar-refractivity contribution in [2.24, 2.45) is 0 Å². The van der Waals surface area contributed by atoms with E-state index >= 15 is 0 Å². The van der Waals surface area contributed by atoms with Crippen LogP contribution in [0, 0.1) is 0 Å². The molecule has 0 saturated carbocycles. The quantitative estimate of drug-likeness (QED) is 0.653. The Morgan fingerprint density at radius 2 is 1.94 bits per heavy atom. The van der Waals surface area contributed by atoms with Crippen molar-refractivity contribution in [2.45, 2.75) is 18.5 Å². The van der Waals surface area contributed by atoms with Crippen LogP contribution in [0.2, 0.25) is 0 Å². The minimum absolute atomic E-state index is 0.431. The minimum Gasteiger partial charge on any atom is -0.505 e. The van der Waals surface area contributed by atoms with E-state index in [9.17, 15) is 22.0 Å². The van der Waals surface area contributed by atoms with Crippen LogP contribution < -0.4 is 0 Å². The molecular formula is C8H5ClF5NO. The number of hydrogen-bond acceptors (Lipinski definition) is 2. The highest BCUT2D eigenvalue weighted by molar-refractivity contribution is 6.17. The Morgan fingerprint density at radius 3 is 2.31 bits per heavy atom. The monoisotopic (exact) mass is 261 g/mol. The van der Waals surface area contributed by atoms with E-state index in [4.69, 9.17) is 16.7 Å². The average molecular weight is 262 g/mol. The number of aromatic hydroxyl groups is 1. The molecule has 0 atom stereocenters. The maximum absolute atomic E-state index is 12.3. The van der Waals surface area contributed by atoms with Crippen LogP contribution in [0.1, 0.15) is 23.4 Å². The Balaban J connectivity index is 3.40. The second-order valence-corrected chi connectivity index (χ2v) is 3.10. The fourth-order valence-electron chi connectivity index (χ4n) is 1.01. The minimum atomic E-state index is -4.86. The van der Waals surface area contributed by atoms with Gasteiger partial charge in [-0.25, -0.2) is 13.8 Å². The summed E-state index contributed by atoms with van der Waals surface area (Å²) in [5.74, 6) is -1.52. The van der Waals surface area contributed by atoms with Crippen molar-refractivity contribution in [1.82, 2.24) is 4.98 Å². The van der Waals surface area contributed by atoms with Crippen molar-refractivity contribution in [3.63, 3.8) is 0 Å². The van der Waals surface area contributed by atoms with Gasteiger partial charge in [-0.15, -0.1) is 11.6 Å². The standard InChI is InChI=1S/C8H5ClF5NO/c9-2-3-1-4(8(12,13)14)15-5(6(3)16)7(10)11/h1,7,16H,2H2. The van der Waals surface area contributed by atoms with Crippen LogP contribution >= 0.6 is 11.6 Å². The summed E-state index contributed by atoms with van der Waals surface area (Å²) >= 11 is 5.23. The van der Waals surface area contributed by atoms with Crippen molar-refractivity contribution in [3.05, 3.63) is 23.0 Å². The van der Waals surface area contributed by atoms with E-state index < -0.39 is 41.2 Å². The van der Waals surface area contributed by atoms with Gasteiger partial charge in [-0.3, -0.25) is 0 Å². The van der Waals surface area contributed by atoms with Crippen molar-refractivity contribution in [1.29, 1.82) is 0 Å². The lowest BCUT2D eigenvalue weighted by Crippen LogP contribution is -2.11. The van der Waals surface area contributed by atoms with Gasteiger partial charge in [0.25, 0.3) is 6.43 Å². The predicted octanol–water partition coefficient (Wildman–Crippen LogP) is 3.48. The van der Waals surface area contributed by atoms with E-state index in [0.717, 1.165) is 0 Å². The van der Waals surface area contributed by atoms with Crippen LogP contribution in [0.5, 0.6) is 5.75 Å². The van der Waals surface area contributed by atoms with Gasteiger partial charge >= 0.3 is 6.18 Å². The Kier molecular flexibility index (Phi) is 3.57. The molecule has 0 aliphatic carbocycles. The first-order valence-corrected chi connectivity index (χ1v) is 4.45. The molecule has 0 aliphatic rings. The largest absolute Gasteiger partial charge is 0.505 e. The lowest BCUT2D eigenvalue weighted by atomic mass is 10.2. The molecule has 90 valence electrons. The summed E-state index contributed by atoms with van der Waals surface area (Å²) in [4.78, 5) is 2.67. The van der Waals surface area contributed by atoms with Crippen LogP contribution in [-0.4, -0.2) is 10.1 Å². The first kappa shape index (κ1) is 13.0. The first-order valence-electron chi connectivity index (χ1n) is 3.91. The summed E-state index contributed by atoms with van der Waals surface area (Å²) in [6.07, 6.45) is -8.16. The van der Waals surface area contributed by atoms with Crippen LogP contribution in [0.25, 0.3) is 0 Å². The molecule has 0 aromatic carbocycles. The maximum atomic E-state index is 12.3. The molecule has 0 fully saturated rings. The molecule has 0 saturated heterocycles. The van der Waals surface area contributed by atoms with Crippen LogP contribution in [0.3, 0.4) is 0 Å². The third-order valence-electron chi connectivity index (χ3n) is 1.74. The molecule has 0 amide bonds. The normalized spacial score (nSPS) is 12.2. The summed E-state index contributed by atoms with van der Waals surface area (Å²) in [6.45, 7) is 0. The highest BCUT2D eigenvalue weighted by atomic mass is 35.5. The number of hydrogen-bond donors (Lipinski definition) is 1. The summed E-state index contributed by atoms with van der Waals surface area (Å²) in [6, 6.07) is 0.439. The van der Waals surface area contributed by atoms with Gasteiger partial charge in [0.2, 0.25) is 0 Å². The SMILES string of the molecule is Oc1c(CCl)cc(C(F)(F)F)nc1C(F)F. The van der Waals surface area contributed by atoms with Gasteiger partial charge in [-0.1, -0.05) is 0 Å². The molecule has 0 spiro atoms.